The van der Waals surface area contributed by atoms with E-state index in [0.717, 1.165) is 0 Å². The van der Waals surface area contributed by atoms with Crippen molar-refractivity contribution in [2.45, 2.75) is 48.5 Å². The van der Waals surface area contributed by atoms with Crippen molar-refractivity contribution in [2.24, 2.45) is 5.73 Å². The highest BCUT2D eigenvalue weighted by Gasteiger charge is 2.22. The molecule has 0 bridgehead atoms. The highest BCUT2D eigenvalue weighted by Crippen LogP contribution is 2.34. The molecule has 2 nitrogen and oxygen atoms in total. The van der Waals surface area contributed by atoms with E-state index in [1.165, 1.54) is 36.1 Å². The van der Waals surface area contributed by atoms with Crippen LogP contribution in [0.25, 0.3) is 0 Å². The molecule has 0 radical (unpaired) electrons. The number of ether oxygens (including phenoxy) is 1. The molecule has 0 spiro atoms. The van der Waals surface area contributed by atoms with E-state index in [9.17, 15) is 0 Å². The van der Waals surface area contributed by atoms with Crippen LogP contribution >= 0.6 is 11.8 Å². The molecule has 0 amide bonds. The van der Waals surface area contributed by atoms with Gasteiger partial charge in [0.15, 0.2) is 0 Å². The lowest BCUT2D eigenvalue weighted by atomic mass is 9.97. The first-order valence-electron chi connectivity index (χ1n) is 6.30. The summed E-state index contributed by atoms with van der Waals surface area (Å²) in [5.41, 5.74) is 6.88. The van der Waals surface area contributed by atoms with Gasteiger partial charge in [-0.3, -0.25) is 0 Å². The fraction of sp³-hybridized carbons (Fsp3) is 0.571. The standard InChI is InChI=1S/C14H21NOS/c1-16-12-5-3-7-14(9-12)17-13-6-2-4-11(8-13)10-15/h2,4,6,8,12,14H,3,5,7,9-10,15H2,1H3. The van der Waals surface area contributed by atoms with Crippen LogP contribution in [0.15, 0.2) is 29.2 Å². The second-order valence-electron chi connectivity index (χ2n) is 4.62. The zero-order chi connectivity index (χ0) is 12.1. The van der Waals surface area contributed by atoms with Gasteiger partial charge in [-0.25, -0.2) is 0 Å². The lowest BCUT2D eigenvalue weighted by Gasteiger charge is -2.27. The topological polar surface area (TPSA) is 35.2 Å². The number of benzene rings is 1. The van der Waals surface area contributed by atoms with E-state index < -0.39 is 0 Å². The van der Waals surface area contributed by atoms with Crippen molar-refractivity contribution >= 4 is 11.8 Å². The van der Waals surface area contributed by atoms with Crippen molar-refractivity contribution in [1.82, 2.24) is 0 Å². The second-order valence-corrected chi connectivity index (χ2v) is 5.99. The maximum atomic E-state index is 5.67. The first kappa shape index (κ1) is 12.9. The summed E-state index contributed by atoms with van der Waals surface area (Å²) >= 11 is 1.98. The molecule has 17 heavy (non-hydrogen) atoms. The third-order valence-electron chi connectivity index (χ3n) is 3.35. The molecule has 0 aromatic heterocycles. The number of methoxy groups -OCH3 is 1. The van der Waals surface area contributed by atoms with Gasteiger partial charge in [-0.15, -0.1) is 11.8 Å². The normalized spacial score (nSPS) is 24.8. The van der Waals surface area contributed by atoms with Crippen molar-refractivity contribution in [2.75, 3.05) is 7.11 Å². The quantitative estimate of drug-likeness (QED) is 0.892. The average Bonchev–Trinajstić information content (AvgIpc) is 2.39. The van der Waals surface area contributed by atoms with Crippen molar-refractivity contribution in [3.05, 3.63) is 29.8 Å². The number of thioether (sulfide) groups is 1. The smallest absolute Gasteiger partial charge is 0.0582 e. The van der Waals surface area contributed by atoms with Gasteiger partial charge >= 0.3 is 0 Å². The molecule has 3 heteroatoms. The minimum atomic E-state index is 0.457. The molecule has 0 saturated heterocycles. The van der Waals surface area contributed by atoms with Gasteiger partial charge in [-0.05, 0) is 43.4 Å². The zero-order valence-electron chi connectivity index (χ0n) is 10.4. The predicted octanol–water partition coefficient (Wildman–Crippen LogP) is 3.20. The molecule has 2 rings (SSSR count). The van der Waals surface area contributed by atoms with Gasteiger partial charge in [0.05, 0.1) is 6.10 Å². The Morgan fingerprint density at radius 1 is 1.41 bits per heavy atom. The van der Waals surface area contributed by atoms with Gasteiger partial charge in [0.2, 0.25) is 0 Å². The fourth-order valence-electron chi connectivity index (χ4n) is 2.36. The van der Waals surface area contributed by atoms with E-state index in [1.807, 2.05) is 18.9 Å². The van der Waals surface area contributed by atoms with Crippen molar-refractivity contribution in [1.29, 1.82) is 0 Å². The van der Waals surface area contributed by atoms with Crippen LogP contribution in [-0.4, -0.2) is 18.5 Å². The number of hydrogen-bond donors (Lipinski definition) is 1. The molecule has 0 aliphatic heterocycles. The van der Waals surface area contributed by atoms with E-state index >= 15 is 0 Å². The molecule has 94 valence electrons. The first-order chi connectivity index (χ1) is 8.31. The van der Waals surface area contributed by atoms with E-state index in [0.29, 0.717) is 17.9 Å². The van der Waals surface area contributed by atoms with Crippen molar-refractivity contribution in [3.8, 4) is 0 Å². The maximum absolute atomic E-state index is 5.67. The molecule has 2 atom stereocenters. The van der Waals surface area contributed by atoms with Crippen molar-refractivity contribution in [3.63, 3.8) is 0 Å². The Morgan fingerprint density at radius 2 is 2.29 bits per heavy atom. The summed E-state index contributed by atoms with van der Waals surface area (Å²) in [6.07, 6.45) is 5.44. The summed E-state index contributed by atoms with van der Waals surface area (Å²) in [7, 11) is 1.83. The second kappa shape index (κ2) is 6.43. The molecule has 1 saturated carbocycles. The van der Waals surface area contributed by atoms with Gasteiger partial charge in [-0.1, -0.05) is 12.1 Å². The summed E-state index contributed by atoms with van der Waals surface area (Å²) in [4.78, 5) is 1.34. The molecule has 1 aliphatic rings. The molecule has 1 fully saturated rings. The molecule has 2 N–H and O–H groups in total. The van der Waals surface area contributed by atoms with Crippen LogP contribution in [0.5, 0.6) is 0 Å². The SMILES string of the molecule is COC1CCCC(Sc2cccc(CN)c2)C1. The average molecular weight is 251 g/mol. The predicted molar refractivity (Wildman–Crippen MR) is 73.2 cm³/mol. The van der Waals surface area contributed by atoms with Crippen LogP contribution in [-0.2, 0) is 11.3 Å². The van der Waals surface area contributed by atoms with E-state index in [4.69, 9.17) is 10.5 Å². The molecular formula is C14H21NOS. The Kier molecular flexibility index (Phi) is 4.89. The Morgan fingerprint density at radius 3 is 3.06 bits per heavy atom. The third-order valence-corrected chi connectivity index (χ3v) is 4.64. The number of hydrogen-bond acceptors (Lipinski definition) is 3. The number of nitrogens with two attached hydrogens (primary N) is 1. The summed E-state index contributed by atoms with van der Waals surface area (Å²) in [5.74, 6) is 0. The molecule has 1 aromatic rings. The van der Waals surface area contributed by atoms with Gasteiger partial charge in [0, 0.05) is 23.8 Å². The zero-order valence-corrected chi connectivity index (χ0v) is 11.2. The van der Waals surface area contributed by atoms with E-state index in [-0.39, 0.29) is 0 Å². The largest absolute Gasteiger partial charge is 0.381 e. The lowest BCUT2D eigenvalue weighted by Crippen LogP contribution is -2.23. The van der Waals surface area contributed by atoms with Crippen LogP contribution in [0.4, 0.5) is 0 Å². The highest BCUT2D eigenvalue weighted by molar-refractivity contribution is 8.00. The molecule has 1 aromatic carbocycles. The number of rotatable bonds is 4. The summed E-state index contributed by atoms with van der Waals surface area (Å²) < 4.78 is 5.47. The Hall–Kier alpha value is -0.510. The molecular weight excluding hydrogens is 230 g/mol. The Labute approximate surface area is 108 Å². The van der Waals surface area contributed by atoms with Crippen LogP contribution in [0.3, 0.4) is 0 Å². The third kappa shape index (κ3) is 3.73. The van der Waals surface area contributed by atoms with Crippen molar-refractivity contribution < 1.29 is 4.74 Å². The minimum Gasteiger partial charge on any atom is -0.381 e. The maximum Gasteiger partial charge on any atom is 0.0582 e. The summed E-state index contributed by atoms with van der Waals surface area (Å²) in [6, 6.07) is 8.57. The lowest BCUT2D eigenvalue weighted by molar-refractivity contribution is 0.0730. The van der Waals surface area contributed by atoms with Crippen LogP contribution in [0.2, 0.25) is 0 Å². The van der Waals surface area contributed by atoms with E-state index in [2.05, 4.69) is 24.3 Å². The molecule has 2 unspecified atom stereocenters. The van der Waals surface area contributed by atoms with Gasteiger partial charge < -0.3 is 10.5 Å². The summed E-state index contributed by atoms with van der Waals surface area (Å²) in [6.45, 7) is 0.625. The monoisotopic (exact) mass is 251 g/mol. The minimum absolute atomic E-state index is 0.457. The molecule has 0 heterocycles. The van der Waals surface area contributed by atoms with E-state index in [1.54, 1.807) is 0 Å². The highest BCUT2D eigenvalue weighted by atomic mass is 32.2. The van der Waals surface area contributed by atoms with Gasteiger partial charge in [0.25, 0.3) is 0 Å². The summed E-state index contributed by atoms with van der Waals surface area (Å²) in [5, 5.41) is 0.696. The Bertz CT molecular complexity index is 356. The molecule has 1 aliphatic carbocycles. The van der Waals surface area contributed by atoms with Crippen LogP contribution in [0, 0.1) is 0 Å². The van der Waals surface area contributed by atoms with Crippen LogP contribution in [0.1, 0.15) is 31.2 Å². The van der Waals surface area contributed by atoms with Gasteiger partial charge in [0.1, 0.15) is 0 Å². The van der Waals surface area contributed by atoms with Gasteiger partial charge in [-0.2, -0.15) is 0 Å². The fourth-order valence-corrected chi connectivity index (χ4v) is 3.72. The van der Waals surface area contributed by atoms with Crippen LogP contribution < -0.4 is 5.73 Å². The Balaban J connectivity index is 1.95. The first-order valence-corrected chi connectivity index (χ1v) is 7.18.